The maximum Gasteiger partial charge on any atom is 0.242 e. The van der Waals surface area contributed by atoms with Crippen LogP contribution in [0.5, 0.6) is 0 Å². The van der Waals surface area contributed by atoms with Crippen LogP contribution in [0.1, 0.15) is 12.5 Å². The molecule has 1 atom stereocenters. The van der Waals surface area contributed by atoms with Crippen LogP contribution in [0.3, 0.4) is 0 Å². The molecule has 122 valence electrons. The van der Waals surface area contributed by atoms with Crippen molar-refractivity contribution in [3.8, 4) is 0 Å². The molecular weight excluding hydrogens is 307 g/mol. The predicted molar refractivity (Wildman–Crippen MR) is 90.9 cm³/mol. The number of halogens is 1. The number of benzene rings is 2. The Hall–Kier alpha value is -3.02. The van der Waals surface area contributed by atoms with Gasteiger partial charge in [-0.2, -0.15) is 0 Å². The van der Waals surface area contributed by atoms with Crippen LogP contribution in [0.2, 0.25) is 0 Å². The van der Waals surface area contributed by atoms with Gasteiger partial charge in [-0.3, -0.25) is 4.79 Å². The van der Waals surface area contributed by atoms with Gasteiger partial charge in [-0.15, -0.1) is 0 Å². The SMILES string of the molecule is CC(Nc1ncnc2ccccc12)C(=O)NCc1ccc(F)cc1. The van der Waals surface area contributed by atoms with Gasteiger partial charge >= 0.3 is 0 Å². The van der Waals surface area contributed by atoms with Crippen LogP contribution in [-0.4, -0.2) is 21.9 Å². The third-order valence-electron chi connectivity index (χ3n) is 3.67. The minimum Gasteiger partial charge on any atom is -0.358 e. The molecule has 3 aromatic rings. The summed E-state index contributed by atoms with van der Waals surface area (Å²) >= 11 is 0. The van der Waals surface area contributed by atoms with E-state index >= 15 is 0 Å². The van der Waals surface area contributed by atoms with Gasteiger partial charge in [0.05, 0.1) is 5.52 Å². The van der Waals surface area contributed by atoms with Crippen molar-refractivity contribution in [2.24, 2.45) is 0 Å². The average molecular weight is 324 g/mol. The quantitative estimate of drug-likeness (QED) is 0.757. The maximum absolute atomic E-state index is 12.9. The Morgan fingerprint density at radius 3 is 2.67 bits per heavy atom. The Morgan fingerprint density at radius 2 is 1.88 bits per heavy atom. The Balaban J connectivity index is 1.64. The molecule has 0 fully saturated rings. The summed E-state index contributed by atoms with van der Waals surface area (Å²) in [5, 5.41) is 6.79. The first-order valence-electron chi connectivity index (χ1n) is 7.62. The number of aromatic nitrogens is 2. The molecule has 0 saturated heterocycles. The summed E-state index contributed by atoms with van der Waals surface area (Å²) in [7, 11) is 0. The average Bonchev–Trinajstić information content (AvgIpc) is 2.61. The lowest BCUT2D eigenvalue weighted by atomic mass is 10.2. The Kier molecular flexibility index (Phi) is 4.65. The molecule has 0 aliphatic carbocycles. The maximum atomic E-state index is 12.9. The minimum atomic E-state index is -0.469. The van der Waals surface area contributed by atoms with Crippen molar-refractivity contribution in [1.29, 1.82) is 0 Å². The number of rotatable bonds is 5. The molecule has 0 aliphatic rings. The summed E-state index contributed by atoms with van der Waals surface area (Å²) < 4.78 is 12.9. The Morgan fingerprint density at radius 1 is 1.12 bits per heavy atom. The van der Waals surface area contributed by atoms with E-state index in [0.717, 1.165) is 16.5 Å². The zero-order valence-electron chi connectivity index (χ0n) is 13.2. The summed E-state index contributed by atoms with van der Waals surface area (Å²) in [5.74, 6) is 0.155. The third kappa shape index (κ3) is 3.65. The van der Waals surface area contributed by atoms with Crippen molar-refractivity contribution >= 4 is 22.6 Å². The molecule has 0 aliphatic heterocycles. The first kappa shape index (κ1) is 15.9. The first-order chi connectivity index (χ1) is 11.6. The number of nitrogens with zero attached hydrogens (tertiary/aromatic N) is 2. The van der Waals surface area contributed by atoms with Crippen LogP contribution in [0, 0.1) is 5.82 Å². The summed E-state index contributed by atoms with van der Waals surface area (Å²) in [6, 6.07) is 13.2. The number of para-hydroxylation sites is 1. The van der Waals surface area contributed by atoms with E-state index in [4.69, 9.17) is 0 Å². The fraction of sp³-hybridized carbons (Fsp3) is 0.167. The second-order valence-corrected chi connectivity index (χ2v) is 5.45. The lowest BCUT2D eigenvalue weighted by Crippen LogP contribution is -2.37. The Labute approximate surface area is 138 Å². The van der Waals surface area contributed by atoms with E-state index in [-0.39, 0.29) is 11.7 Å². The number of carbonyl (C=O) groups is 1. The van der Waals surface area contributed by atoms with Crippen LogP contribution in [0.25, 0.3) is 10.9 Å². The highest BCUT2D eigenvalue weighted by molar-refractivity contribution is 5.91. The van der Waals surface area contributed by atoms with E-state index in [2.05, 4.69) is 20.6 Å². The molecule has 1 amide bonds. The lowest BCUT2D eigenvalue weighted by molar-refractivity contribution is -0.121. The van der Waals surface area contributed by atoms with E-state index in [0.29, 0.717) is 12.4 Å². The van der Waals surface area contributed by atoms with Crippen molar-refractivity contribution in [3.05, 3.63) is 66.2 Å². The molecule has 1 aromatic heterocycles. The van der Waals surface area contributed by atoms with E-state index in [9.17, 15) is 9.18 Å². The van der Waals surface area contributed by atoms with Gasteiger partial charge in [0.1, 0.15) is 24.0 Å². The Bertz CT molecular complexity index is 846. The molecule has 2 aromatic carbocycles. The van der Waals surface area contributed by atoms with Gasteiger partial charge in [0.25, 0.3) is 0 Å². The predicted octanol–water partition coefficient (Wildman–Crippen LogP) is 2.89. The van der Waals surface area contributed by atoms with Gasteiger partial charge in [0.2, 0.25) is 5.91 Å². The molecule has 0 radical (unpaired) electrons. The number of hydrogen-bond acceptors (Lipinski definition) is 4. The standard InChI is InChI=1S/C18H17FN4O/c1-12(18(24)20-10-13-6-8-14(19)9-7-13)23-17-15-4-2-3-5-16(15)21-11-22-17/h2-9,11-12H,10H2,1H3,(H,20,24)(H,21,22,23). The largest absolute Gasteiger partial charge is 0.358 e. The summed E-state index contributed by atoms with van der Waals surface area (Å²) in [6.07, 6.45) is 1.47. The van der Waals surface area contributed by atoms with Crippen LogP contribution < -0.4 is 10.6 Å². The van der Waals surface area contributed by atoms with E-state index < -0.39 is 6.04 Å². The molecule has 0 bridgehead atoms. The number of amides is 1. The highest BCUT2D eigenvalue weighted by Crippen LogP contribution is 2.18. The van der Waals surface area contributed by atoms with Crippen molar-refractivity contribution in [2.45, 2.75) is 19.5 Å². The van der Waals surface area contributed by atoms with Gasteiger partial charge in [-0.25, -0.2) is 14.4 Å². The van der Waals surface area contributed by atoms with Crippen LogP contribution in [-0.2, 0) is 11.3 Å². The monoisotopic (exact) mass is 324 g/mol. The molecule has 24 heavy (non-hydrogen) atoms. The van der Waals surface area contributed by atoms with E-state index in [1.807, 2.05) is 24.3 Å². The van der Waals surface area contributed by atoms with Crippen LogP contribution >= 0.6 is 0 Å². The van der Waals surface area contributed by atoms with E-state index in [1.54, 1.807) is 19.1 Å². The number of hydrogen-bond donors (Lipinski definition) is 2. The van der Waals surface area contributed by atoms with Crippen LogP contribution in [0.4, 0.5) is 10.2 Å². The number of anilines is 1. The summed E-state index contributed by atoms with van der Waals surface area (Å²) in [5.41, 5.74) is 1.65. The zero-order valence-corrected chi connectivity index (χ0v) is 13.2. The molecule has 3 rings (SSSR count). The van der Waals surface area contributed by atoms with Crippen molar-refractivity contribution in [1.82, 2.24) is 15.3 Å². The molecule has 5 nitrogen and oxygen atoms in total. The van der Waals surface area contributed by atoms with Gasteiger partial charge in [0.15, 0.2) is 0 Å². The second kappa shape index (κ2) is 7.04. The second-order valence-electron chi connectivity index (χ2n) is 5.45. The smallest absolute Gasteiger partial charge is 0.242 e. The summed E-state index contributed by atoms with van der Waals surface area (Å²) in [4.78, 5) is 20.6. The zero-order chi connectivity index (χ0) is 16.9. The summed E-state index contributed by atoms with van der Waals surface area (Å²) in [6.45, 7) is 2.10. The van der Waals surface area contributed by atoms with Gasteiger partial charge in [-0.1, -0.05) is 24.3 Å². The van der Waals surface area contributed by atoms with Crippen molar-refractivity contribution in [2.75, 3.05) is 5.32 Å². The molecular formula is C18H17FN4O. The van der Waals surface area contributed by atoms with Crippen LogP contribution in [0.15, 0.2) is 54.9 Å². The van der Waals surface area contributed by atoms with Gasteiger partial charge < -0.3 is 10.6 Å². The van der Waals surface area contributed by atoms with E-state index in [1.165, 1.54) is 18.5 Å². The molecule has 6 heteroatoms. The minimum absolute atomic E-state index is 0.165. The van der Waals surface area contributed by atoms with Gasteiger partial charge in [0, 0.05) is 11.9 Å². The first-order valence-corrected chi connectivity index (χ1v) is 7.62. The number of fused-ring (bicyclic) bond motifs is 1. The number of nitrogens with one attached hydrogen (secondary N) is 2. The molecule has 2 N–H and O–H groups in total. The van der Waals surface area contributed by atoms with Gasteiger partial charge in [-0.05, 0) is 36.8 Å². The molecule has 0 spiro atoms. The fourth-order valence-electron chi connectivity index (χ4n) is 2.33. The third-order valence-corrected chi connectivity index (χ3v) is 3.67. The lowest BCUT2D eigenvalue weighted by Gasteiger charge is -2.15. The number of carbonyl (C=O) groups excluding carboxylic acids is 1. The molecule has 0 saturated carbocycles. The topological polar surface area (TPSA) is 66.9 Å². The molecule has 1 unspecified atom stereocenters. The normalized spacial score (nSPS) is 11.9. The molecule has 1 heterocycles. The van der Waals surface area contributed by atoms with Crippen molar-refractivity contribution in [3.63, 3.8) is 0 Å². The fourth-order valence-corrected chi connectivity index (χ4v) is 2.33. The highest BCUT2D eigenvalue weighted by Gasteiger charge is 2.14. The van der Waals surface area contributed by atoms with Crippen molar-refractivity contribution < 1.29 is 9.18 Å². The highest BCUT2D eigenvalue weighted by atomic mass is 19.1.